The fourth-order valence-electron chi connectivity index (χ4n) is 2.60. The average molecular weight is 270 g/mol. The minimum atomic E-state index is 0.413. The van der Waals surface area contributed by atoms with E-state index >= 15 is 0 Å². The number of nitrogens with two attached hydrogens (primary N) is 3. The van der Waals surface area contributed by atoms with Crippen molar-refractivity contribution in [2.24, 2.45) is 5.73 Å². The number of rotatable bonds is 3. The Morgan fingerprint density at radius 3 is 2.80 bits per heavy atom. The molecule has 6 nitrogen and oxygen atoms in total. The van der Waals surface area contributed by atoms with E-state index in [9.17, 15) is 0 Å². The smallest absolute Gasteiger partial charge is 0.152 e. The van der Waals surface area contributed by atoms with Crippen molar-refractivity contribution in [1.29, 1.82) is 0 Å². The fourth-order valence-corrected chi connectivity index (χ4v) is 2.60. The zero-order chi connectivity index (χ0) is 14.3. The molecule has 3 rings (SSSR count). The van der Waals surface area contributed by atoms with Crippen LogP contribution in [-0.4, -0.2) is 21.2 Å². The van der Waals surface area contributed by atoms with Crippen molar-refractivity contribution in [1.82, 2.24) is 14.6 Å². The molecule has 0 aliphatic heterocycles. The number of aryl methyl sites for hydroxylation is 2. The van der Waals surface area contributed by atoms with Crippen LogP contribution in [0.1, 0.15) is 17.8 Å². The first kappa shape index (κ1) is 12.7. The summed E-state index contributed by atoms with van der Waals surface area (Å²) in [4.78, 5) is 8.85. The number of hydrogen-bond donors (Lipinski definition) is 3. The highest BCUT2D eigenvalue weighted by molar-refractivity contribution is 6.08. The monoisotopic (exact) mass is 270 g/mol. The Hall–Kier alpha value is -2.34. The lowest BCUT2D eigenvalue weighted by atomic mass is 10.0. The van der Waals surface area contributed by atoms with E-state index < -0.39 is 0 Å². The maximum Gasteiger partial charge on any atom is 0.152 e. The molecule has 0 unspecified atom stereocenters. The molecule has 1 aromatic carbocycles. The lowest BCUT2D eigenvalue weighted by Gasteiger charge is -2.09. The van der Waals surface area contributed by atoms with Crippen LogP contribution in [0.5, 0.6) is 0 Å². The molecule has 6 N–H and O–H groups in total. The van der Waals surface area contributed by atoms with Crippen LogP contribution in [0.15, 0.2) is 18.2 Å². The minimum absolute atomic E-state index is 0.413. The van der Waals surface area contributed by atoms with Gasteiger partial charge in [0.1, 0.15) is 16.9 Å². The molecule has 2 aromatic heterocycles. The number of benzene rings is 1. The van der Waals surface area contributed by atoms with Gasteiger partial charge in [0, 0.05) is 5.39 Å². The van der Waals surface area contributed by atoms with Crippen LogP contribution in [0.4, 0.5) is 5.82 Å². The molecular weight excluding hydrogens is 252 g/mol. The molecule has 0 aliphatic carbocycles. The molecule has 0 spiro atoms. The molecule has 0 bridgehead atoms. The summed E-state index contributed by atoms with van der Waals surface area (Å²) in [6, 6.07) is 6.01. The lowest BCUT2D eigenvalue weighted by Crippen LogP contribution is -2.10. The third kappa shape index (κ3) is 1.77. The number of fused-ring (bicyclic) bond motifs is 3. The zero-order valence-electron chi connectivity index (χ0n) is 11.4. The van der Waals surface area contributed by atoms with Crippen LogP contribution < -0.4 is 17.3 Å². The summed E-state index contributed by atoms with van der Waals surface area (Å²) in [5, 5.41) is 1.02. The van der Waals surface area contributed by atoms with Gasteiger partial charge in [0.25, 0.3) is 0 Å². The van der Waals surface area contributed by atoms with Crippen LogP contribution in [0.3, 0.4) is 0 Å². The third-order valence-corrected chi connectivity index (χ3v) is 3.59. The summed E-state index contributed by atoms with van der Waals surface area (Å²) in [5.74, 6) is 7.25. The molecule has 104 valence electrons. The van der Waals surface area contributed by atoms with Crippen LogP contribution in [0.25, 0.3) is 21.9 Å². The Kier molecular flexibility index (Phi) is 2.94. The van der Waals surface area contributed by atoms with E-state index in [1.54, 1.807) is 4.68 Å². The van der Waals surface area contributed by atoms with Crippen LogP contribution in [0.2, 0.25) is 0 Å². The van der Waals surface area contributed by atoms with Crippen LogP contribution in [0, 0.1) is 6.92 Å². The largest absolute Gasteiger partial charge is 0.382 e. The quantitative estimate of drug-likeness (QED) is 0.617. The van der Waals surface area contributed by atoms with E-state index in [1.165, 1.54) is 5.56 Å². The van der Waals surface area contributed by atoms with Gasteiger partial charge in [0.2, 0.25) is 0 Å². The molecule has 0 atom stereocenters. The first-order valence-electron chi connectivity index (χ1n) is 6.64. The molecule has 0 aliphatic rings. The summed E-state index contributed by atoms with van der Waals surface area (Å²) in [5.41, 5.74) is 15.1. The number of nitrogens with zero attached hydrogens (tertiary/aromatic N) is 3. The summed E-state index contributed by atoms with van der Waals surface area (Å²) >= 11 is 0. The second-order valence-corrected chi connectivity index (χ2v) is 4.93. The first-order chi connectivity index (χ1) is 9.63. The second kappa shape index (κ2) is 4.64. The Labute approximate surface area is 116 Å². The molecule has 20 heavy (non-hydrogen) atoms. The van der Waals surface area contributed by atoms with Crippen molar-refractivity contribution >= 4 is 27.8 Å². The minimum Gasteiger partial charge on any atom is -0.382 e. The van der Waals surface area contributed by atoms with Gasteiger partial charge in [-0.1, -0.05) is 12.1 Å². The zero-order valence-corrected chi connectivity index (χ0v) is 11.4. The van der Waals surface area contributed by atoms with E-state index in [4.69, 9.17) is 17.3 Å². The van der Waals surface area contributed by atoms with Crippen molar-refractivity contribution < 1.29 is 0 Å². The third-order valence-electron chi connectivity index (χ3n) is 3.59. The number of aromatic nitrogens is 3. The van der Waals surface area contributed by atoms with Gasteiger partial charge in [-0.15, -0.1) is 0 Å². The van der Waals surface area contributed by atoms with Crippen LogP contribution in [-0.2, 0) is 6.42 Å². The summed E-state index contributed by atoms with van der Waals surface area (Å²) in [7, 11) is 0. The Morgan fingerprint density at radius 2 is 2.05 bits per heavy atom. The number of pyridine rings is 1. The molecule has 0 saturated carbocycles. The van der Waals surface area contributed by atoms with Crippen molar-refractivity contribution in [3.8, 4) is 0 Å². The number of hydrogen-bond acceptors (Lipinski definition) is 5. The van der Waals surface area contributed by atoms with Crippen molar-refractivity contribution in [3.63, 3.8) is 0 Å². The maximum absolute atomic E-state index is 6.12. The van der Waals surface area contributed by atoms with Crippen molar-refractivity contribution in [2.75, 3.05) is 18.1 Å². The molecule has 6 heteroatoms. The summed E-state index contributed by atoms with van der Waals surface area (Å²) in [6.45, 7) is 2.51. The highest BCUT2D eigenvalue weighted by atomic mass is 15.3. The first-order valence-corrected chi connectivity index (χ1v) is 6.64. The topological polar surface area (TPSA) is 109 Å². The van der Waals surface area contributed by atoms with Crippen molar-refractivity contribution in [2.45, 2.75) is 19.8 Å². The highest BCUT2D eigenvalue weighted by Gasteiger charge is 2.16. The Morgan fingerprint density at radius 1 is 1.25 bits per heavy atom. The average Bonchev–Trinajstić information content (AvgIpc) is 2.73. The van der Waals surface area contributed by atoms with E-state index in [1.807, 2.05) is 19.1 Å². The summed E-state index contributed by atoms with van der Waals surface area (Å²) in [6.07, 6.45) is 1.81. The van der Waals surface area contributed by atoms with Gasteiger partial charge in [-0.3, -0.25) is 0 Å². The van der Waals surface area contributed by atoms with Gasteiger partial charge in [0.05, 0.1) is 5.52 Å². The molecule has 0 fully saturated rings. The molecule has 2 heterocycles. The standard InChI is InChI=1S/C14H18N6/c1-8-18-12-13(20(8)17)11-9(5-3-7-15)4-2-6-10(11)19-14(12)16/h2,4,6H,3,5,7,15,17H2,1H3,(H2,16,19). The van der Waals surface area contributed by atoms with Gasteiger partial charge in [-0.25, -0.2) is 14.6 Å². The molecule has 0 amide bonds. The van der Waals surface area contributed by atoms with Crippen LogP contribution >= 0.6 is 0 Å². The predicted molar refractivity (Wildman–Crippen MR) is 81.7 cm³/mol. The van der Waals surface area contributed by atoms with Gasteiger partial charge < -0.3 is 17.3 Å². The molecule has 3 aromatic rings. The van der Waals surface area contributed by atoms with E-state index in [2.05, 4.69) is 16.0 Å². The SMILES string of the molecule is Cc1nc2c(N)nc3cccc(CCCN)c3c2n1N. The number of nitrogen functional groups attached to an aromatic ring is 2. The number of imidazole rings is 1. The predicted octanol–water partition coefficient (Wildman–Crippen LogP) is 1.08. The highest BCUT2D eigenvalue weighted by Crippen LogP contribution is 2.30. The normalized spacial score (nSPS) is 11.5. The van der Waals surface area contributed by atoms with E-state index in [-0.39, 0.29) is 0 Å². The molecule has 0 radical (unpaired) electrons. The molecular formula is C14H18N6. The lowest BCUT2D eigenvalue weighted by molar-refractivity contribution is 0.837. The van der Waals surface area contributed by atoms with Gasteiger partial charge >= 0.3 is 0 Å². The molecule has 0 saturated heterocycles. The second-order valence-electron chi connectivity index (χ2n) is 4.93. The summed E-state index contributed by atoms with van der Waals surface area (Å²) < 4.78 is 1.58. The van der Waals surface area contributed by atoms with E-state index in [0.29, 0.717) is 17.9 Å². The Bertz CT molecular complexity index is 789. The number of anilines is 1. The van der Waals surface area contributed by atoms with Crippen molar-refractivity contribution in [3.05, 3.63) is 29.6 Å². The maximum atomic E-state index is 6.12. The fraction of sp³-hybridized carbons (Fsp3) is 0.286. The Balaban J connectivity index is 2.43. The van der Waals surface area contributed by atoms with Gasteiger partial charge in [-0.2, -0.15) is 0 Å². The van der Waals surface area contributed by atoms with E-state index in [0.717, 1.165) is 35.1 Å². The van der Waals surface area contributed by atoms with Gasteiger partial charge in [-0.05, 0) is 37.9 Å². The van der Waals surface area contributed by atoms with Gasteiger partial charge in [0.15, 0.2) is 5.82 Å².